The highest BCUT2D eigenvalue weighted by Crippen LogP contribution is 2.36. The lowest BCUT2D eigenvalue weighted by atomic mass is 9.93. The van der Waals surface area contributed by atoms with Crippen molar-refractivity contribution in [2.75, 3.05) is 0 Å². The van der Waals surface area contributed by atoms with Gasteiger partial charge in [0.2, 0.25) is 0 Å². The van der Waals surface area contributed by atoms with Gasteiger partial charge >= 0.3 is 0 Å². The molecule has 2 heterocycles. The summed E-state index contributed by atoms with van der Waals surface area (Å²) < 4.78 is 0. The van der Waals surface area contributed by atoms with E-state index in [0.717, 1.165) is 66.4 Å². The van der Waals surface area contributed by atoms with E-state index in [9.17, 15) is 0 Å². The molecule has 0 atom stereocenters. The third-order valence-corrected chi connectivity index (χ3v) is 11.3. The number of aryl methyl sites for hydroxylation is 4. The second-order valence-electron chi connectivity index (χ2n) is 16.0. The van der Waals surface area contributed by atoms with E-state index in [1.807, 2.05) is 0 Å². The molecule has 296 valence electrons. The Balaban J connectivity index is 1.04. The van der Waals surface area contributed by atoms with Crippen LogP contribution in [0, 0.1) is 27.7 Å². The Morgan fingerprint density at radius 2 is 0.548 bits per heavy atom. The predicted molar refractivity (Wildman–Crippen MR) is 253 cm³/mol. The zero-order valence-corrected chi connectivity index (χ0v) is 35.0. The van der Waals surface area contributed by atoms with Gasteiger partial charge in [0.15, 0.2) is 34.9 Å². The number of hydrogen-bond acceptors (Lipinski definition) is 6. The highest BCUT2D eigenvalue weighted by atomic mass is 15.0. The van der Waals surface area contributed by atoms with Gasteiger partial charge in [-0.05, 0) is 78.9 Å². The Kier molecular flexibility index (Phi) is 10.0. The summed E-state index contributed by atoms with van der Waals surface area (Å²) in [6, 6.07) is 63.4. The van der Waals surface area contributed by atoms with Gasteiger partial charge in [0.05, 0.1) is 0 Å². The molecule has 6 nitrogen and oxygen atoms in total. The van der Waals surface area contributed by atoms with Crippen LogP contribution in [0.25, 0.3) is 101 Å². The molecule has 6 heteroatoms. The van der Waals surface area contributed by atoms with E-state index < -0.39 is 0 Å². The first kappa shape index (κ1) is 38.3. The van der Waals surface area contributed by atoms with E-state index in [0.29, 0.717) is 34.9 Å². The van der Waals surface area contributed by atoms with Crippen molar-refractivity contribution in [3.63, 3.8) is 0 Å². The summed E-state index contributed by atoms with van der Waals surface area (Å²) in [5.74, 6) is 3.82. The fraction of sp³-hybridized carbons (Fsp3) is 0.0714. The number of benzene rings is 8. The van der Waals surface area contributed by atoms with E-state index in [1.54, 1.807) is 0 Å². The van der Waals surface area contributed by atoms with Crippen LogP contribution in [0.3, 0.4) is 0 Å². The topological polar surface area (TPSA) is 77.3 Å². The first-order valence-corrected chi connectivity index (χ1v) is 20.8. The van der Waals surface area contributed by atoms with Crippen molar-refractivity contribution in [2.24, 2.45) is 0 Å². The highest BCUT2D eigenvalue weighted by Gasteiger charge is 2.16. The van der Waals surface area contributed by atoms with Crippen molar-refractivity contribution in [2.45, 2.75) is 27.7 Å². The summed E-state index contributed by atoms with van der Waals surface area (Å²) >= 11 is 0. The van der Waals surface area contributed by atoms with Crippen LogP contribution >= 0.6 is 0 Å². The first-order chi connectivity index (χ1) is 30.3. The molecular formula is C56H42N6. The van der Waals surface area contributed by atoms with Gasteiger partial charge in [-0.25, -0.2) is 29.9 Å². The van der Waals surface area contributed by atoms with Crippen LogP contribution in [0.15, 0.2) is 182 Å². The van der Waals surface area contributed by atoms with Crippen molar-refractivity contribution >= 4 is 10.8 Å². The average Bonchev–Trinajstić information content (AvgIpc) is 3.32. The zero-order chi connectivity index (χ0) is 42.2. The smallest absolute Gasteiger partial charge is 0.164 e. The second-order valence-corrected chi connectivity index (χ2v) is 16.0. The number of nitrogens with zero attached hydrogens (tertiary/aromatic N) is 6. The monoisotopic (exact) mass is 798 g/mol. The van der Waals surface area contributed by atoms with E-state index >= 15 is 0 Å². The standard InChI is InChI=1S/C56H42N6/c1-35-14-22-40(23-15-35)51-57-52(41-24-16-36(2)17-25-41)60-55(59-51)47-11-5-9-44(32-47)45-31-30-39-8-7-13-49(50(39)34-45)46-10-6-12-48(33-46)56-61-53(42-26-18-37(3)19-27-42)58-54(62-56)43-28-20-38(4)21-29-43/h5-34H,1-4H3. The molecule has 0 saturated carbocycles. The maximum Gasteiger partial charge on any atom is 0.164 e. The Hall–Kier alpha value is -7.96. The molecular weight excluding hydrogens is 757 g/mol. The van der Waals surface area contributed by atoms with Crippen LogP contribution < -0.4 is 0 Å². The molecule has 62 heavy (non-hydrogen) atoms. The number of hydrogen-bond donors (Lipinski definition) is 0. The minimum Gasteiger partial charge on any atom is -0.208 e. The molecule has 0 amide bonds. The van der Waals surface area contributed by atoms with Gasteiger partial charge in [0, 0.05) is 33.4 Å². The molecule has 0 bridgehead atoms. The number of rotatable bonds is 8. The van der Waals surface area contributed by atoms with Gasteiger partial charge in [-0.2, -0.15) is 0 Å². The summed E-state index contributed by atoms with van der Waals surface area (Å²) in [5.41, 5.74) is 14.7. The van der Waals surface area contributed by atoms with E-state index in [1.165, 1.54) is 22.3 Å². The maximum atomic E-state index is 5.05. The van der Waals surface area contributed by atoms with E-state index in [-0.39, 0.29) is 0 Å². The van der Waals surface area contributed by atoms with Crippen molar-refractivity contribution in [1.82, 2.24) is 29.9 Å². The lowest BCUT2D eigenvalue weighted by Gasteiger charge is -2.13. The highest BCUT2D eigenvalue weighted by molar-refractivity contribution is 5.99. The van der Waals surface area contributed by atoms with Gasteiger partial charge in [-0.1, -0.05) is 186 Å². The molecule has 0 fully saturated rings. The van der Waals surface area contributed by atoms with Crippen LogP contribution in [0.1, 0.15) is 22.3 Å². The largest absolute Gasteiger partial charge is 0.208 e. The molecule has 0 aliphatic carbocycles. The molecule has 0 aliphatic rings. The molecule has 0 unspecified atom stereocenters. The second kappa shape index (κ2) is 16.2. The molecule has 0 N–H and O–H groups in total. The quantitative estimate of drug-likeness (QED) is 0.152. The fourth-order valence-electron chi connectivity index (χ4n) is 7.70. The van der Waals surface area contributed by atoms with Crippen LogP contribution in [-0.4, -0.2) is 29.9 Å². The van der Waals surface area contributed by atoms with Crippen LogP contribution in [0.5, 0.6) is 0 Å². The Morgan fingerprint density at radius 1 is 0.242 bits per heavy atom. The molecule has 2 aromatic heterocycles. The Bertz CT molecular complexity index is 3120. The molecule has 0 spiro atoms. The van der Waals surface area contributed by atoms with Crippen molar-refractivity contribution < 1.29 is 0 Å². The number of fused-ring (bicyclic) bond motifs is 1. The summed E-state index contributed by atoms with van der Waals surface area (Å²) in [7, 11) is 0. The van der Waals surface area contributed by atoms with Gasteiger partial charge in [-0.15, -0.1) is 0 Å². The molecule has 10 aromatic rings. The van der Waals surface area contributed by atoms with E-state index in [2.05, 4.69) is 210 Å². The first-order valence-electron chi connectivity index (χ1n) is 20.8. The van der Waals surface area contributed by atoms with Gasteiger partial charge in [0.1, 0.15) is 0 Å². The minimum absolute atomic E-state index is 0.625. The van der Waals surface area contributed by atoms with Gasteiger partial charge in [0.25, 0.3) is 0 Å². The molecule has 0 aliphatic heterocycles. The SMILES string of the molecule is Cc1ccc(-c2nc(-c3ccc(C)cc3)nc(-c3cccc(-c4ccc5cccc(-c6cccc(-c7nc(-c8ccc(C)cc8)nc(-c8ccc(C)cc8)n7)c6)c5c4)c3)n2)cc1. The molecule has 8 aromatic carbocycles. The normalized spacial score (nSPS) is 11.2. The van der Waals surface area contributed by atoms with Crippen LogP contribution in [0.2, 0.25) is 0 Å². The lowest BCUT2D eigenvalue weighted by Crippen LogP contribution is -2.00. The molecule has 0 saturated heterocycles. The Morgan fingerprint density at radius 3 is 0.968 bits per heavy atom. The van der Waals surface area contributed by atoms with Gasteiger partial charge in [-0.3, -0.25) is 0 Å². The van der Waals surface area contributed by atoms with Crippen molar-refractivity contribution in [1.29, 1.82) is 0 Å². The lowest BCUT2D eigenvalue weighted by molar-refractivity contribution is 1.07. The predicted octanol–water partition coefficient (Wildman–Crippen LogP) is 13.8. The number of aromatic nitrogens is 6. The summed E-state index contributed by atoms with van der Waals surface area (Å²) in [6.07, 6.45) is 0. The summed E-state index contributed by atoms with van der Waals surface area (Å²) in [6.45, 7) is 8.34. The Labute approximate surface area is 361 Å². The molecule has 10 rings (SSSR count). The van der Waals surface area contributed by atoms with E-state index in [4.69, 9.17) is 29.9 Å². The van der Waals surface area contributed by atoms with Gasteiger partial charge < -0.3 is 0 Å². The third kappa shape index (κ3) is 7.89. The average molecular weight is 799 g/mol. The fourth-order valence-corrected chi connectivity index (χ4v) is 7.70. The van der Waals surface area contributed by atoms with Crippen LogP contribution in [-0.2, 0) is 0 Å². The summed E-state index contributed by atoms with van der Waals surface area (Å²) in [4.78, 5) is 30.1. The van der Waals surface area contributed by atoms with Crippen molar-refractivity contribution in [3.05, 3.63) is 204 Å². The summed E-state index contributed by atoms with van der Waals surface area (Å²) in [5, 5.41) is 2.30. The molecule has 0 radical (unpaired) electrons. The minimum atomic E-state index is 0.625. The van der Waals surface area contributed by atoms with Crippen molar-refractivity contribution in [3.8, 4) is 90.6 Å². The maximum absolute atomic E-state index is 5.05. The van der Waals surface area contributed by atoms with Crippen LogP contribution in [0.4, 0.5) is 0 Å². The zero-order valence-electron chi connectivity index (χ0n) is 35.0. The third-order valence-electron chi connectivity index (χ3n) is 11.3.